The van der Waals surface area contributed by atoms with Crippen molar-refractivity contribution in [1.82, 2.24) is 0 Å². The summed E-state index contributed by atoms with van der Waals surface area (Å²) >= 11 is 1.48. The van der Waals surface area contributed by atoms with Crippen molar-refractivity contribution in [2.75, 3.05) is 20.0 Å². The minimum absolute atomic E-state index is 0.349. The van der Waals surface area contributed by atoms with Crippen molar-refractivity contribution < 1.29 is 13.6 Å². The Bertz CT molecular complexity index is 258. The zero-order valence-corrected chi connectivity index (χ0v) is 16.2. The molecule has 5 heteroatoms. The first-order valence-electron chi connectivity index (χ1n) is 8.34. The van der Waals surface area contributed by atoms with Crippen LogP contribution in [0.15, 0.2) is 0 Å². The summed E-state index contributed by atoms with van der Waals surface area (Å²) in [7, 11) is 1.49. The summed E-state index contributed by atoms with van der Waals surface area (Å²) in [6, 6.07) is 0.956. The molecule has 0 unspecified atom stereocenters. The smallest absolute Gasteiger partial charge is 0.334 e. The van der Waals surface area contributed by atoms with Gasteiger partial charge in [0.15, 0.2) is 5.12 Å². The Morgan fingerprint density at radius 3 is 2.10 bits per heavy atom. The Morgan fingerprint density at radius 1 is 0.952 bits per heavy atom. The van der Waals surface area contributed by atoms with Crippen LogP contribution < -0.4 is 0 Å². The van der Waals surface area contributed by atoms with Gasteiger partial charge in [0.25, 0.3) is 0 Å². The maximum atomic E-state index is 11.8. The fourth-order valence-corrected chi connectivity index (χ4v) is 4.62. The van der Waals surface area contributed by atoms with E-state index in [0.717, 1.165) is 31.1 Å². The van der Waals surface area contributed by atoms with E-state index in [1.165, 1.54) is 50.3 Å². The highest BCUT2D eigenvalue weighted by atomic mass is 32.2. The molecule has 21 heavy (non-hydrogen) atoms. The van der Waals surface area contributed by atoms with Gasteiger partial charge in [-0.1, -0.05) is 57.2 Å². The standard InChI is InChI=1S/C16H34O3SSi/c1-5-6-7-8-9-10-11-13-16(17)20-14-12-15-21(4,18-2)19-3/h5-15H2,1-4H3. The second-order valence-electron chi connectivity index (χ2n) is 5.74. The second-order valence-corrected chi connectivity index (χ2v) is 10.5. The van der Waals surface area contributed by atoms with E-state index in [-0.39, 0.29) is 0 Å². The normalized spacial score (nSPS) is 11.8. The molecule has 0 atom stereocenters. The summed E-state index contributed by atoms with van der Waals surface area (Å²) < 4.78 is 10.9. The van der Waals surface area contributed by atoms with E-state index in [4.69, 9.17) is 8.85 Å². The van der Waals surface area contributed by atoms with E-state index in [9.17, 15) is 4.79 Å². The predicted molar refractivity (Wildman–Crippen MR) is 95.1 cm³/mol. The lowest BCUT2D eigenvalue weighted by Crippen LogP contribution is -2.35. The number of carbonyl (C=O) groups is 1. The predicted octanol–water partition coefficient (Wildman–Crippen LogP) is 5.14. The summed E-state index contributed by atoms with van der Waals surface area (Å²) in [6.07, 6.45) is 10.6. The van der Waals surface area contributed by atoms with E-state index in [1.54, 1.807) is 14.2 Å². The summed E-state index contributed by atoms with van der Waals surface area (Å²) in [6.45, 7) is 4.30. The van der Waals surface area contributed by atoms with Crippen LogP contribution in [0, 0.1) is 0 Å². The van der Waals surface area contributed by atoms with Gasteiger partial charge in [0.1, 0.15) is 0 Å². The van der Waals surface area contributed by atoms with Crippen molar-refractivity contribution in [3.63, 3.8) is 0 Å². The van der Waals surface area contributed by atoms with E-state index < -0.39 is 8.56 Å². The molecule has 0 aromatic carbocycles. The Morgan fingerprint density at radius 2 is 1.52 bits per heavy atom. The van der Waals surface area contributed by atoms with Gasteiger partial charge in [0.05, 0.1) is 0 Å². The third kappa shape index (κ3) is 12.4. The molecule has 0 aliphatic heterocycles. The molecule has 3 nitrogen and oxygen atoms in total. The molecule has 0 bridgehead atoms. The third-order valence-corrected chi connectivity index (χ3v) is 7.89. The molecule has 0 amide bonds. The van der Waals surface area contributed by atoms with Crippen molar-refractivity contribution in [2.45, 2.75) is 77.3 Å². The van der Waals surface area contributed by atoms with Crippen LogP contribution in [0.1, 0.15) is 64.7 Å². The third-order valence-electron chi connectivity index (χ3n) is 3.89. The number of unbranched alkanes of at least 4 members (excludes halogenated alkanes) is 6. The van der Waals surface area contributed by atoms with Gasteiger partial charge in [-0.15, -0.1) is 0 Å². The minimum Gasteiger partial charge on any atom is -0.398 e. The fraction of sp³-hybridized carbons (Fsp3) is 0.938. The van der Waals surface area contributed by atoms with Gasteiger partial charge in [0, 0.05) is 26.4 Å². The van der Waals surface area contributed by atoms with E-state index in [1.807, 2.05) is 0 Å². The molecular weight excluding hydrogens is 300 g/mol. The van der Waals surface area contributed by atoms with Gasteiger partial charge in [-0.2, -0.15) is 0 Å². The molecule has 0 spiro atoms. The lowest BCUT2D eigenvalue weighted by molar-refractivity contribution is -0.111. The van der Waals surface area contributed by atoms with Crippen LogP contribution in [0.25, 0.3) is 0 Å². The van der Waals surface area contributed by atoms with Crippen molar-refractivity contribution in [2.24, 2.45) is 0 Å². The summed E-state index contributed by atoms with van der Waals surface area (Å²) in [5.41, 5.74) is 0. The van der Waals surface area contributed by atoms with E-state index in [2.05, 4.69) is 13.5 Å². The van der Waals surface area contributed by atoms with Crippen LogP contribution in [0.5, 0.6) is 0 Å². The first-order valence-corrected chi connectivity index (χ1v) is 11.8. The van der Waals surface area contributed by atoms with Crippen molar-refractivity contribution in [3.05, 3.63) is 0 Å². The topological polar surface area (TPSA) is 35.5 Å². The number of rotatable bonds is 14. The van der Waals surface area contributed by atoms with Crippen LogP contribution in [0.3, 0.4) is 0 Å². The summed E-state index contributed by atoms with van der Waals surface area (Å²) in [5, 5.41) is 0.349. The first-order chi connectivity index (χ1) is 10.1. The largest absolute Gasteiger partial charge is 0.398 e. The fourth-order valence-electron chi connectivity index (χ4n) is 2.17. The molecule has 0 N–H and O–H groups in total. The second kappa shape index (κ2) is 13.8. The lowest BCUT2D eigenvalue weighted by atomic mass is 10.1. The van der Waals surface area contributed by atoms with Gasteiger partial charge in [0.2, 0.25) is 0 Å². The zero-order chi connectivity index (χ0) is 16.0. The quantitative estimate of drug-likeness (QED) is 0.325. The molecule has 0 fully saturated rings. The van der Waals surface area contributed by atoms with E-state index in [0.29, 0.717) is 5.12 Å². The lowest BCUT2D eigenvalue weighted by Gasteiger charge is -2.22. The number of thioether (sulfide) groups is 1. The highest BCUT2D eigenvalue weighted by Gasteiger charge is 2.27. The molecule has 0 radical (unpaired) electrons. The van der Waals surface area contributed by atoms with Crippen molar-refractivity contribution >= 4 is 25.4 Å². The van der Waals surface area contributed by atoms with Crippen LogP contribution in [0.4, 0.5) is 0 Å². The molecule has 0 aromatic heterocycles. The maximum absolute atomic E-state index is 11.8. The average molecular weight is 335 g/mol. The molecule has 0 aliphatic carbocycles. The Hall–Kier alpha value is 0.157. The van der Waals surface area contributed by atoms with E-state index >= 15 is 0 Å². The van der Waals surface area contributed by atoms with Crippen LogP contribution in [-0.4, -0.2) is 33.6 Å². The molecule has 0 rings (SSSR count). The van der Waals surface area contributed by atoms with Crippen LogP contribution >= 0.6 is 11.8 Å². The molecule has 0 aliphatic rings. The maximum Gasteiger partial charge on any atom is 0.334 e. The highest BCUT2D eigenvalue weighted by molar-refractivity contribution is 8.13. The number of carbonyl (C=O) groups excluding carboxylic acids is 1. The van der Waals surface area contributed by atoms with Crippen LogP contribution in [0.2, 0.25) is 12.6 Å². The molecule has 0 saturated carbocycles. The van der Waals surface area contributed by atoms with Crippen LogP contribution in [-0.2, 0) is 13.6 Å². The molecule has 0 saturated heterocycles. The molecule has 0 heterocycles. The van der Waals surface area contributed by atoms with Gasteiger partial charge >= 0.3 is 8.56 Å². The Balaban J connectivity index is 3.42. The summed E-state index contributed by atoms with van der Waals surface area (Å²) in [5.74, 6) is 0.893. The zero-order valence-electron chi connectivity index (χ0n) is 14.4. The van der Waals surface area contributed by atoms with Crippen molar-refractivity contribution in [3.8, 4) is 0 Å². The first kappa shape index (κ1) is 21.2. The molecular formula is C16H34O3SSi. The molecule has 126 valence electrons. The van der Waals surface area contributed by atoms with Gasteiger partial charge in [-0.05, 0) is 25.4 Å². The minimum atomic E-state index is -1.94. The monoisotopic (exact) mass is 334 g/mol. The Kier molecular flexibility index (Phi) is 13.9. The molecule has 0 aromatic rings. The van der Waals surface area contributed by atoms with Gasteiger partial charge in [-0.25, -0.2) is 0 Å². The van der Waals surface area contributed by atoms with Gasteiger partial charge in [-0.3, -0.25) is 4.79 Å². The van der Waals surface area contributed by atoms with Gasteiger partial charge < -0.3 is 8.85 Å². The van der Waals surface area contributed by atoms with Crippen molar-refractivity contribution in [1.29, 1.82) is 0 Å². The number of hydrogen-bond acceptors (Lipinski definition) is 4. The highest BCUT2D eigenvalue weighted by Crippen LogP contribution is 2.18. The number of hydrogen-bond donors (Lipinski definition) is 0. The SMILES string of the molecule is CCCCCCCCCC(=O)SCCC[Si](C)(OC)OC. The average Bonchev–Trinajstić information content (AvgIpc) is 2.50. The summed E-state index contributed by atoms with van der Waals surface area (Å²) in [4.78, 5) is 11.8. The Labute approximate surface area is 136 Å².